The second-order valence-electron chi connectivity index (χ2n) is 6.70. The van der Waals surface area contributed by atoms with Crippen molar-refractivity contribution in [3.05, 3.63) is 35.9 Å². The first-order valence-corrected chi connectivity index (χ1v) is 11.2. The number of carboxylic acids is 1. The predicted octanol–water partition coefficient (Wildman–Crippen LogP) is 0.747. The summed E-state index contributed by atoms with van der Waals surface area (Å²) in [4.78, 5) is 49.1. The summed E-state index contributed by atoms with van der Waals surface area (Å²) in [5.74, 6) is -0.987. The molecule has 8 nitrogen and oxygen atoms in total. The Kier molecular flexibility index (Phi) is 7.07. The number of hydrogen-bond donors (Lipinski definition) is 2. The maximum absolute atomic E-state index is 12.5. The van der Waals surface area contributed by atoms with Gasteiger partial charge in [-0.3, -0.25) is 14.4 Å². The Hall–Kier alpha value is -2.20. The number of esters is 1. The van der Waals surface area contributed by atoms with Gasteiger partial charge in [-0.05, 0) is 5.56 Å². The molecule has 2 N–H and O–H groups in total. The van der Waals surface area contributed by atoms with E-state index in [1.54, 1.807) is 0 Å². The van der Waals surface area contributed by atoms with Gasteiger partial charge in [-0.1, -0.05) is 30.3 Å². The van der Waals surface area contributed by atoms with E-state index in [9.17, 15) is 24.3 Å². The molecule has 2 unspecified atom stereocenters. The number of carboxylic acid groups (broad SMARTS) is 1. The number of methoxy groups -OCH3 is 1. The van der Waals surface area contributed by atoms with E-state index in [0.29, 0.717) is 11.5 Å². The van der Waals surface area contributed by atoms with Gasteiger partial charge in [-0.15, -0.1) is 11.8 Å². The molecule has 1 aromatic rings. The van der Waals surface area contributed by atoms with Crippen LogP contribution in [0.25, 0.3) is 0 Å². The molecule has 3 rings (SSSR count). The molecule has 0 aromatic heterocycles. The fourth-order valence-corrected chi connectivity index (χ4v) is 6.32. The largest absolute Gasteiger partial charge is 0.480 e. The minimum atomic E-state index is -1.05. The average molecular weight is 439 g/mol. The molecule has 10 heteroatoms. The summed E-state index contributed by atoms with van der Waals surface area (Å²) in [6.45, 7) is 0. The smallest absolute Gasteiger partial charge is 0.327 e. The van der Waals surface area contributed by atoms with Gasteiger partial charge in [-0.25, -0.2) is 4.79 Å². The van der Waals surface area contributed by atoms with Crippen LogP contribution in [0.1, 0.15) is 12.0 Å². The van der Waals surface area contributed by atoms with E-state index >= 15 is 0 Å². The lowest BCUT2D eigenvalue weighted by atomic mass is 10.0. The van der Waals surface area contributed by atoms with E-state index in [1.807, 2.05) is 30.3 Å². The van der Waals surface area contributed by atoms with Gasteiger partial charge >= 0.3 is 11.9 Å². The molecule has 1 aromatic carbocycles. The SMILES string of the molecule is COC(=O)CCSCC1S[C@@H]2C(NC(=O)Cc3ccccc3)C(=O)N2[C@H]1C(=O)O. The number of aliphatic carboxylic acids is 1. The Morgan fingerprint density at radius 1 is 1.28 bits per heavy atom. The van der Waals surface area contributed by atoms with Crippen LogP contribution in [-0.4, -0.2) is 75.1 Å². The van der Waals surface area contributed by atoms with Crippen molar-refractivity contribution in [3.8, 4) is 0 Å². The highest BCUT2D eigenvalue weighted by Crippen LogP contribution is 2.45. The number of fused-ring (bicyclic) bond motifs is 1. The summed E-state index contributed by atoms with van der Waals surface area (Å²) in [5, 5.41) is 11.6. The highest BCUT2D eigenvalue weighted by Gasteiger charge is 2.61. The number of hydrogen-bond acceptors (Lipinski definition) is 7. The maximum Gasteiger partial charge on any atom is 0.327 e. The topological polar surface area (TPSA) is 113 Å². The standard InChI is InChI=1S/C19H22N2O6S2/c1-27-14(23)7-8-28-10-12-16(19(25)26)21-17(24)15(18(21)29-12)20-13(22)9-11-5-3-2-4-6-11/h2-6,12,15-16,18H,7-10H2,1H3,(H,20,22)(H,25,26)/t12?,15?,16-,18-/m1/s1. The number of thioether (sulfide) groups is 2. The molecule has 4 atom stereocenters. The van der Waals surface area contributed by atoms with Gasteiger partial charge < -0.3 is 20.1 Å². The average Bonchev–Trinajstić information content (AvgIpc) is 3.05. The first kappa shape index (κ1) is 21.5. The van der Waals surface area contributed by atoms with Crippen molar-refractivity contribution in [2.24, 2.45) is 0 Å². The lowest BCUT2D eigenvalue weighted by Gasteiger charge is -2.43. The van der Waals surface area contributed by atoms with Crippen molar-refractivity contribution >= 4 is 47.3 Å². The van der Waals surface area contributed by atoms with Gasteiger partial charge in [0.05, 0.1) is 20.0 Å². The number of β-lactam (4-membered cyclic amide) rings is 1. The number of carbonyl (C=O) groups is 4. The number of rotatable bonds is 9. The number of ether oxygens (including phenoxy) is 1. The molecule has 0 aliphatic carbocycles. The first-order chi connectivity index (χ1) is 13.9. The fourth-order valence-electron chi connectivity index (χ4n) is 3.36. The Balaban J connectivity index is 1.55. The summed E-state index contributed by atoms with van der Waals surface area (Å²) in [6.07, 6.45) is 0.414. The van der Waals surface area contributed by atoms with Crippen LogP contribution in [0, 0.1) is 0 Å². The van der Waals surface area contributed by atoms with Crippen LogP contribution < -0.4 is 5.32 Å². The maximum atomic E-state index is 12.5. The Labute approximate surface area is 176 Å². The third-order valence-corrected chi connectivity index (χ3v) is 7.63. The van der Waals surface area contributed by atoms with Gasteiger partial charge in [0.25, 0.3) is 0 Å². The number of nitrogens with one attached hydrogen (secondary N) is 1. The molecule has 2 aliphatic rings. The van der Waals surface area contributed by atoms with Crippen LogP contribution in [0.3, 0.4) is 0 Å². The van der Waals surface area contributed by atoms with E-state index in [1.165, 1.54) is 35.5 Å². The van der Waals surface area contributed by atoms with Gasteiger partial charge in [0, 0.05) is 16.8 Å². The van der Waals surface area contributed by atoms with Crippen LogP contribution >= 0.6 is 23.5 Å². The second-order valence-corrected chi connectivity index (χ2v) is 9.21. The summed E-state index contributed by atoms with van der Waals surface area (Å²) in [7, 11) is 1.32. The molecular weight excluding hydrogens is 416 g/mol. The quantitative estimate of drug-likeness (QED) is 0.330. The zero-order chi connectivity index (χ0) is 21.0. The molecule has 156 valence electrons. The van der Waals surface area contributed by atoms with Crippen molar-refractivity contribution < 1.29 is 29.0 Å². The number of benzene rings is 1. The van der Waals surface area contributed by atoms with E-state index in [4.69, 9.17) is 0 Å². The normalized spacial score (nSPS) is 25.1. The molecule has 2 aliphatic heterocycles. The van der Waals surface area contributed by atoms with Gasteiger partial charge in [0.2, 0.25) is 11.8 Å². The molecule has 29 heavy (non-hydrogen) atoms. The van der Waals surface area contributed by atoms with Crippen LogP contribution in [-0.2, 0) is 30.3 Å². The van der Waals surface area contributed by atoms with Crippen LogP contribution in [0.4, 0.5) is 0 Å². The molecule has 0 radical (unpaired) electrons. The summed E-state index contributed by atoms with van der Waals surface area (Å²) in [6, 6.07) is 7.58. The number of amides is 2. The number of carbonyl (C=O) groups excluding carboxylic acids is 3. The van der Waals surface area contributed by atoms with Crippen LogP contribution in [0.5, 0.6) is 0 Å². The van der Waals surface area contributed by atoms with Crippen molar-refractivity contribution in [1.29, 1.82) is 0 Å². The minimum Gasteiger partial charge on any atom is -0.480 e. The second kappa shape index (κ2) is 9.53. The van der Waals surface area contributed by atoms with Crippen LogP contribution in [0.2, 0.25) is 0 Å². The van der Waals surface area contributed by atoms with Crippen LogP contribution in [0.15, 0.2) is 30.3 Å². The lowest BCUT2D eigenvalue weighted by molar-refractivity contribution is -0.159. The number of nitrogens with zero attached hydrogens (tertiary/aromatic N) is 1. The molecule has 0 spiro atoms. The molecular formula is C19H22N2O6S2. The Morgan fingerprint density at radius 2 is 2.00 bits per heavy atom. The van der Waals surface area contributed by atoms with Gasteiger partial charge in [0.1, 0.15) is 17.5 Å². The van der Waals surface area contributed by atoms with E-state index < -0.39 is 18.1 Å². The fraction of sp³-hybridized carbons (Fsp3) is 0.474. The lowest BCUT2D eigenvalue weighted by Crippen LogP contribution is -2.70. The van der Waals surface area contributed by atoms with E-state index in [-0.39, 0.29) is 41.2 Å². The molecule has 2 fully saturated rings. The van der Waals surface area contributed by atoms with Gasteiger partial charge in [-0.2, -0.15) is 11.8 Å². The Bertz CT molecular complexity index is 790. The summed E-state index contributed by atoms with van der Waals surface area (Å²) >= 11 is 2.85. The minimum absolute atomic E-state index is 0.164. The first-order valence-electron chi connectivity index (χ1n) is 9.10. The van der Waals surface area contributed by atoms with Crippen molar-refractivity contribution in [3.63, 3.8) is 0 Å². The Morgan fingerprint density at radius 3 is 2.66 bits per heavy atom. The molecule has 2 saturated heterocycles. The zero-order valence-corrected chi connectivity index (χ0v) is 17.4. The summed E-state index contributed by atoms with van der Waals surface area (Å²) < 4.78 is 4.59. The monoisotopic (exact) mass is 438 g/mol. The van der Waals surface area contributed by atoms with E-state index in [2.05, 4.69) is 10.1 Å². The molecule has 0 bridgehead atoms. The highest BCUT2D eigenvalue weighted by atomic mass is 32.2. The van der Waals surface area contributed by atoms with E-state index in [0.717, 1.165) is 5.56 Å². The van der Waals surface area contributed by atoms with Gasteiger partial charge in [0.15, 0.2) is 0 Å². The molecule has 2 amide bonds. The van der Waals surface area contributed by atoms with Crippen molar-refractivity contribution in [2.45, 2.75) is 35.5 Å². The zero-order valence-electron chi connectivity index (χ0n) is 15.8. The highest BCUT2D eigenvalue weighted by molar-refractivity contribution is 8.04. The third kappa shape index (κ3) is 4.87. The molecule has 2 heterocycles. The van der Waals surface area contributed by atoms with Crippen molar-refractivity contribution in [1.82, 2.24) is 10.2 Å². The predicted molar refractivity (Wildman–Crippen MR) is 109 cm³/mol. The van der Waals surface area contributed by atoms with Crippen molar-refractivity contribution in [2.75, 3.05) is 18.6 Å². The molecule has 0 saturated carbocycles. The third-order valence-electron chi connectivity index (χ3n) is 4.78. The summed E-state index contributed by atoms with van der Waals surface area (Å²) in [5.41, 5.74) is 0.844.